The van der Waals surface area contributed by atoms with Crippen molar-refractivity contribution >= 4 is 88.3 Å². The van der Waals surface area contributed by atoms with Gasteiger partial charge in [-0.3, -0.25) is 0 Å². The van der Waals surface area contributed by atoms with E-state index in [0.29, 0.717) is 94.9 Å². The molecule has 0 aliphatic heterocycles. The van der Waals surface area contributed by atoms with Gasteiger partial charge in [0, 0.05) is 224 Å². The average Bonchev–Trinajstić information content (AvgIpc) is 0.767. The molecule has 16 heterocycles. The Morgan fingerprint density at radius 3 is 0.987 bits per heavy atom. The summed E-state index contributed by atoms with van der Waals surface area (Å²) in [5.74, 6) is -7.50. The average molecular weight is 2710 g/mol. The molecular formula is C130H112Ir4N12O4-8. The number of aromatic nitrogens is 12. The zero-order chi connectivity index (χ0) is 132. The third kappa shape index (κ3) is 26.8. The van der Waals surface area contributed by atoms with Crippen LogP contribution >= 0.6 is 0 Å². The summed E-state index contributed by atoms with van der Waals surface area (Å²) in [5, 5.41) is 5.81. The minimum absolute atomic E-state index is 0. The number of hydrogen-bond acceptors (Lipinski definition) is 16. The standard InChI is InChI=1S/3C21H19N2O.C18H13N2O.2C13H12N.C12H10N.C11H8N.4Ir/c1-12(2)18-10-19(22-11-13(18)3)17-7-5-6-15-16-9-8-14(4)23-21(16)24-20(15)17;2*1-12(2)18-11-22-19(10-13(18)3)17-7-5-6-15-16-9-8-14(4)23-21(16)24-20(15)17;1-11-6-8-13(15-5-3-4-10-19-15)17-16(11)14-9-7-12(2)20-18(14)21-17;2*1-10-8-13(14-9-11(10)2)12-6-4-3-5-7-12;1-10-7-8-12(13-9-10)11-5-3-2-4-6-11;1-2-6-10(7-3-1)11-8-4-5-9-12-11;;;;/h3*5-6,8-12H,1-4H3;3-7,9-10H,1-2H3;2*3-6,8-9H,1-2H3;2-5,7-9H,1H3;1-6,8-9H;;;;/q8*-1;;;;/i1D3,2D3,3D3,12D;2*1D3,3D3,12D;1D3;2*2D3;1D3;;;;;. The summed E-state index contributed by atoms with van der Waals surface area (Å²) in [5.41, 5.74) is 16.7. The van der Waals surface area contributed by atoms with Gasteiger partial charge in [-0.25, -0.2) is 19.9 Å². The summed E-state index contributed by atoms with van der Waals surface area (Å²) in [6.45, 7) is -15.6. The molecule has 0 N–H and O–H groups in total. The first-order valence-corrected chi connectivity index (χ1v) is 45.6. The molecule has 2 unspecified atom stereocenters. The molecule has 4 radical (unpaired) electrons. The van der Waals surface area contributed by atoms with Crippen molar-refractivity contribution in [1.82, 2.24) is 59.8 Å². The minimum Gasteiger partial charge on any atom is -0.486 e. The topological polar surface area (TPSA) is 207 Å². The van der Waals surface area contributed by atoms with Gasteiger partial charge in [0.05, 0.1) is 22.3 Å². The van der Waals surface area contributed by atoms with E-state index in [-0.39, 0.29) is 136 Å². The van der Waals surface area contributed by atoms with E-state index < -0.39 is 104 Å². The maximum Gasteiger partial charge on any atom is 0.216 e. The largest absolute Gasteiger partial charge is 0.486 e. The normalized spacial score (nSPS) is 16.1. The molecule has 0 fully saturated rings. The van der Waals surface area contributed by atoms with Gasteiger partial charge in [-0.15, -0.1) is 216 Å². The van der Waals surface area contributed by atoms with E-state index in [1.807, 2.05) is 209 Å². The number of rotatable bonds is 11. The Labute approximate surface area is 982 Å². The van der Waals surface area contributed by atoms with Crippen LogP contribution in [0.4, 0.5) is 0 Å². The summed E-state index contributed by atoms with van der Waals surface area (Å²) >= 11 is 0. The van der Waals surface area contributed by atoms with Crippen LogP contribution in [0.2, 0.25) is 0 Å². The van der Waals surface area contributed by atoms with Crippen molar-refractivity contribution in [2.75, 3.05) is 0 Å². The van der Waals surface area contributed by atoms with Gasteiger partial charge in [0.25, 0.3) is 0 Å². The third-order valence-electron chi connectivity index (χ3n) is 22.9. The van der Waals surface area contributed by atoms with E-state index in [0.717, 1.165) is 131 Å². The van der Waals surface area contributed by atoms with E-state index in [1.54, 1.807) is 87.8 Å². The van der Waals surface area contributed by atoms with E-state index in [9.17, 15) is 0 Å². The number of furan rings is 4. The van der Waals surface area contributed by atoms with Crippen molar-refractivity contribution in [3.05, 3.63) is 455 Å². The molecule has 0 saturated heterocycles. The third-order valence-corrected chi connectivity index (χ3v) is 22.9. The van der Waals surface area contributed by atoms with E-state index in [4.69, 9.17) is 67.0 Å². The molecule has 0 bridgehead atoms. The monoisotopic (exact) mass is 2710 g/mol. The van der Waals surface area contributed by atoms with Gasteiger partial charge in [0.2, 0.25) is 22.9 Å². The summed E-state index contributed by atoms with van der Waals surface area (Å²) in [6.07, 6.45) is 10.9. The molecule has 24 aromatic rings. The maximum atomic E-state index is 8.57. The first-order valence-electron chi connectivity index (χ1n) is 63.6. The number of pyridine rings is 12. The van der Waals surface area contributed by atoms with E-state index in [2.05, 4.69) is 108 Å². The predicted molar refractivity (Wildman–Crippen MR) is 592 cm³/mol. The molecule has 0 saturated carbocycles. The molecule has 20 heteroatoms. The number of aryl methyl sites for hydroxylation is 13. The summed E-state index contributed by atoms with van der Waals surface area (Å²) in [4.78, 5) is 51.4. The van der Waals surface area contributed by atoms with Crippen LogP contribution < -0.4 is 0 Å². The van der Waals surface area contributed by atoms with Crippen LogP contribution in [-0.4, -0.2) is 59.8 Å². The van der Waals surface area contributed by atoms with Crippen LogP contribution in [0.15, 0.2) is 334 Å². The molecule has 760 valence electrons. The fourth-order valence-corrected chi connectivity index (χ4v) is 15.5. The summed E-state index contributed by atoms with van der Waals surface area (Å²) < 4.78 is 302. The van der Waals surface area contributed by atoms with Crippen LogP contribution in [0.3, 0.4) is 0 Å². The van der Waals surface area contributed by atoms with Crippen LogP contribution in [0, 0.1) is 138 Å². The van der Waals surface area contributed by atoms with Crippen LogP contribution in [0.25, 0.3) is 178 Å². The number of nitrogens with zero attached hydrogens (tertiary/aromatic N) is 12. The second-order valence-corrected chi connectivity index (χ2v) is 33.4. The van der Waals surface area contributed by atoms with E-state index in [1.165, 1.54) is 50.6 Å². The fourth-order valence-electron chi connectivity index (χ4n) is 15.5. The molecule has 8 aromatic carbocycles. The minimum atomic E-state index is -3.37. The SMILES string of the molecule is [2H]C([2H])([2H])c1c[c-]c(-c2ccccn2)c2oc3nc(C)ccc3c12.[2H]C([2H])([2H])c1cc(-c2[c-]ccc3c2oc2nc(C)ccc23)ncc1C([2H])(C)C([2H])([2H])[2H].[2H]C([2H])([2H])c1cc(-c2[c-]ccc3c2oc2nc(C)ccc23)ncc1C([2H])(C)C([2H])([2H])[2H].[2H]C([2H])([2H])c1ccc(-c2[c-]cccc2)nc1.[2H]C([2H])([2H])c1cnc(-c2[c-]ccc3c2oc2nc(C)ccc23)cc1C([2H])(C([2H])([2H])[2H])C([2H])([2H])[2H].[2H]C([2H])([2H])c1cnc(-c2[c-]cccc2)cc1C.[2H]C([2H])([2H])c1cnc(-c2[c-]cccc2)cc1C.[Ir].[Ir].[Ir].[Ir].[c-]1ccccc1-c1ccccn1. The van der Waals surface area contributed by atoms with Crippen molar-refractivity contribution in [3.63, 3.8) is 0 Å². The van der Waals surface area contributed by atoms with Gasteiger partial charge in [-0.2, -0.15) is 0 Å². The Morgan fingerprint density at radius 1 is 0.253 bits per heavy atom. The van der Waals surface area contributed by atoms with Gasteiger partial charge < -0.3 is 57.5 Å². The molecule has 0 aliphatic carbocycles. The van der Waals surface area contributed by atoms with E-state index >= 15 is 0 Å². The van der Waals surface area contributed by atoms with Gasteiger partial charge in [0.15, 0.2) is 0 Å². The Morgan fingerprint density at radius 2 is 0.607 bits per heavy atom. The van der Waals surface area contributed by atoms with Gasteiger partial charge >= 0.3 is 0 Å². The molecule has 24 rings (SSSR count). The van der Waals surface area contributed by atoms with Crippen molar-refractivity contribution in [2.45, 2.75) is 148 Å². The Hall–Kier alpha value is -14.6. The molecule has 0 amide bonds. The molecular weight excluding hydrogens is 2560 g/mol. The quantitative estimate of drug-likeness (QED) is 0.110. The maximum absolute atomic E-state index is 8.57. The second kappa shape index (κ2) is 52.0. The van der Waals surface area contributed by atoms with Crippen LogP contribution in [-0.2, 0) is 80.4 Å². The zero-order valence-corrected chi connectivity index (χ0v) is 90.9. The number of hydrogen-bond donors (Lipinski definition) is 0. The Bertz CT molecular complexity index is 9940. The van der Waals surface area contributed by atoms with Crippen molar-refractivity contribution in [2.24, 2.45) is 0 Å². The molecule has 150 heavy (non-hydrogen) atoms. The smallest absolute Gasteiger partial charge is 0.216 e. The fraction of sp³-hybridized carbons (Fsp3) is 0.169. The zero-order valence-electron chi connectivity index (χ0n) is 117. The first kappa shape index (κ1) is 72.7. The van der Waals surface area contributed by atoms with Gasteiger partial charge in [0.1, 0.15) is 0 Å². The molecule has 16 nitrogen and oxygen atoms in total. The number of fused-ring (bicyclic) bond motifs is 12. The molecule has 16 aromatic heterocycles. The predicted octanol–water partition coefficient (Wildman–Crippen LogP) is 32.9. The Balaban J connectivity index is 0.000000175. The van der Waals surface area contributed by atoms with Crippen molar-refractivity contribution in [3.8, 4) is 90.1 Å². The first-order chi connectivity index (χ1) is 85.1. The Kier molecular flexibility index (Phi) is 25.2. The summed E-state index contributed by atoms with van der Waals surface area (Å²) in [7, 11) is 0. The molecule has 0 aliphatic rings. The van der Waals surface area contributed by atoms with Crippen LogP contribution in [0.5, 0.6) is 0 Å². The van der Waals surface area contributed by atoms with Crippen molar-refractivity contribution in [1.29, 1.82) is 0 Å². The van der Waals surface area contributed by atoms with Crippen molar-refractivity contribution < 1.29 is 147 Å². The molecule has 0 spiro atoms. The van der Waals surface area contributed by atoms with Crippen LogP contribution in [0.1, 0.15) is 198 Å². The summed E-state index contributed by atoms with van der Waals surface area (Å²) in [6, 6.07) is 103. The second-order valence-electron chi connectivity index (χ2n) is 33.4. The molecule has 2 atom stereocenters. The van der Waals surface area contributed by atoms with Gasteiger partial charge in [-0.05, 0) is 245 Å². The van der Waals surface area contributed by atoms with Gasteiger partial charge in [-0.1, -0.05) is 181 Å². The number of benzene rings is 8.